The van der Waals surface area contributed by atoms with Crippen LogP contribution in [0.4, 0.5) is 8.78 Å². The first-order valence-corrected chi connectivity index (χ1v) is 12.0. The highest BCUT2D eigenvalue weighted by molar-refractivity contribution is 6.08. The summed E-state index contributed by atoms with van der Waals surface area (Å²) >= 11 is 0. The summed E-state index contributed by atoms with van der Waals surface area (Å²) in [7, 11) is 0. The van der Waals surface area contributed by atoms with Gasteiger partial charge < -0.3 is 21.3 Å². The van der Waals surface area contributed by atoms with Crippen LogP contribution < -0.4 is 16.4 Å². The topological polar surface area (TPSA) is 141 Å². The lowest BCUT2D eigenvalue weighted by atomic mass is 9.86. The molecular weight excluding hydrogens is 470 g/mol. The van der Waals surface area contributed by atoms with Gasteiger partial charge >= 0.3 is 0 Å². The third-order valence-corrected chi connectivity index (χ3v) is 6.90. The van der Waals surface area contributed by atoms with Gasteiger partial charge in [-0.3, -0.25) is 19.4 Å². The third kappa shape index (κ3) is 5.60. The van der Waals surface area contributed by atoms with Crippen molar-refractivity contribution in [3.8, 4) is 6.07 Å². The second-order valence-electron chi connectivity index (χ2n) is 9.43. The molecule has 2 heterocycles. The van der Waals surface area contributed by atoms with E-state index in [0.29, 0.717) is 28.9 Å². The first-order valence-electron chi connectivity index (χ1n) is 12.0. The van der Waals surface area contributed by atoms with Crippen molar-refractivity contribution in [1.29, 1.82) is 5.26 Å². The fourth-order valence-corrected chi connectivity index (χ4v) is 4.84. The normalized spacial score (nSPS) is 23.2. The number of amides is 3. The van der Waals surface area contributed by atoms with E-state index in [-0.39, 0.29) is 17.5 Å². The highest BCUT2D eigenvalue weighted by atomic mass is 19.3. The van der Waals surface area contributed by atoms with E-state index in [2.05, 4.69) is 15.6 Å². The number of nitrogens with two attached hydrogens (primary N) is 1. The van der Waals surface area contributed by atoms with E-state index in [9.17, 15) is 23.2 Å². The summed E-state index contributed by atoms with van der Waals surface area (Å²) in [5, 5.41) is 15.0. The minimum absolute atomic E-state index is 0.0638. The zero-order valence-corrected chi connectivity index (χ0v) is 19.7. The average Bonchev–Trinajstić information content (AvgIpc) is 3.21. The lowest BCUT2D eigenvalue weighted by molar-refractivity contribution is -0.131. The summed E-state index contributed by atoms with van der Waals surface area (Å²) in [6, 6.07) is 6.84. The van der Waals surface area contributed by atoms with Crippen molar-refractivity contribution >= 4 is 28.6 Å². The van der Waals surface area contributed by atoms with Gasteiger partial charge in [0.15, 0.2) is 0 Å². The molecule has 1 saturated carbocycles. The number of fused-ring (bicyclic) bond motifs is 1. The van der Waals surface area contributed by atoms with E-state index in [4.69, 9.17) is 11.0 Å². The fraction of sp³-hybridized carbons (Fsp3) is 0.480. The van der Waals surface area contributed by atoms with Gasteiger partial charge in [-0.2, -0.15) is 5.26 Å². The van der Waals surface area contributed by atoms with Crippen molar-refractivity contribution < 1.29 is 23.2 Å². The van der Waals surface area contributed by atoms with Crippen LogP contribution in [0.1, 0.15) is 52.8 Å². The quantitative estimate of drug-likeness (QED) is 0.556. The zero-order valence-electron chi connectivity index (χ0n) is 19.7. The Morgan fingerprint density at radius 2 is 1.92 bits per heavy atom. The molecule has 1 saturated heterocycles. The molecule has 2 aromatic rings. The molecule has 1 aliphatic heterocycles. The molecule has 1 atom stereocenters. The minimum atomic E-state index is -3.14. The molecule has 3 amide bonds. The molecule has 11 heteroatoms. The van der Waals surface area contributed by atoms with Crippen LogP contribution in [0.15, 0.2) is 30.5 Å². The van der Waals surface area contributed by atoms with Crippen molar-refractivity contribution in [2.45, 2.75) is 50.1 Å². The maximum Gasteiger partial charge on any atom is 0.268 e. The van der Waals surface area contributed by atoms with Gasteiger partial charge in [-0.25, -0.2) is 8.78 Å². The highest BCUT2D eigenvalue weighted by Crippen LogP contribution is 2.31. The van der Waals surface area contributed by atoms with Crippen LogP contribution in [-0.4, -0.2) is 65.2 Å². The maximum atomic E-state index is 13.6. The monoisotopic (exact) mass is 498 g/mol. The smallest absolute Gasteiger partial charge is 0.268 e. The van der Waals surface area contributed by atoms with Crippen molar-refractivity contribution in [2.24, 2.45) is 11.7 Å². The van der Waals surface area contributed by atoms with Crippen LogP contribution in [0.2, 0.25) is 0 Å². The number of likely N-dealkylation sites (tertiary alicyclic amines) is 1. The Kier molecular flexibility index (Phi) is 7.45. The minimum Gasteiger partial charge on any atom is -0.349 e. The largest absolute Gasteiger partial charge is 0.349 e. The van der Waals surface area contributed by atoms with Gasteiger partial charge in [0.05, 0.1) is 30.2 Å². The highest BCUT2D eigenvalue weighted by Gasteiger charge is 2.47. The molecule has 0 radical (unpaired) electrons. The fourth-order valence-electron chi connectivity index (χ4n) is 4.84. The van der Waals surface area contributed by atoms with E-state index in [1.54, 1.807) is 24.3 Å². The SMILES string of the molecule is N#C[C@@H]1CC(F)(F)CN1C(=O)CNC(=O)c1ccnc2ccc(C(=O)NC3CCC(CN)CC3)cc12. The molecule has 0 unspecified atom stereocenters. The molecular formula is C25H28F2N6O3. The van der Waals surface area contributed by atoms with Gasteiger partial charge in [0.25, 0.3) is 17.7 Å². The van der Waals surface area contributed by atoms with Crippen LogP contribution in [-0.2, 0) is 4.79 Å². The van der Waals surface area contributed by atoms with E-state index >= 15 is 0 Å². The van der Waals surface area contributed by atoms with Crippen LogP contribution in [0, 0.1) is 17.2 Å². The number of alkyl halides is 2. The summed E-state index contributed by atoms with van der Waals surface area (Å²) in [5.74, 6) is -4.29. The second-order valence-corrected chi connectivity index (χ2v) is 9.43. The Morgan fingerprint density at radius 3 is 2.61 bits per heavy atom. The molecule has 9 nitrogen and oxygen atoms in total. The van der Waals surface area contributed by atoms with Gasteiger partial charge in [-0.1, -0.05) is 0 Å². The number of halogens is 2. The molecule has 190 valence electrons. The molecule has 4 N–H and O–H groups in total. The van der Waals surface area contributed by atoms with Gasteiger partial charge in [0.2, 0.25) is 5.91 Å². The number of nitrogens with one attached hydrogen (secondary N) is 2. The number of carbonyl (C=O) groups excluding carboxylic acids is 3. The van der Waals surface area contributed by atoms with Gasteiger partial charge in [-0.15, -0.1) is 0 Å². The number of rotatable bonds is 6. The van der Waals surface area contributed by atoms with Crippen molar-refractivity contribution in [3.05, 3.63) is 41.6 Å². The first-order chi connectivity index (χ1) is 17.2. The molecule has 1 aromatic heterocycles. The van der Waals surface area contributed by atoms with Crippen molar-refractivity contribution in [3.63, 3.8) is 0 Å². The lowest BCUT2D eigenvalue weighted by Crippen LogP contribution is -2.43. The molecule has 0 spiro atoms. The molecule has 36 heavy (non-hydrogen) atoms. The van der Waals surface area contributed by atoms with E-state index < -0.39 is 43.3 Å². The molecule has 4 rings (SSSR count). The summed E-state index contributed by atoms with van der Waals surface area (Å²) in [5.41, 5.74) is 6.78. The number of benzene rings is 1. The van der Waals surface area contributed by atoms with E-state index in [1.165, 1.54) is 12.3 Å². The van der Waals surface area contributed by atoms with Crippen LogP contribution >= 0.6 is 0 Å². The number of hydrogen-bond donors (Lipinski definition) is 3. The summed E-state index contributed by atoms with van der Waals surface area (Å²) in [4.78, 5) is 43.2. The zero-order chi connectivity index (χ0) is 25.9. The summed E-state index contributed by atoms with van der Waals surface area (Å²) < 4.78 is 27.3. The Morgan fingerprint density at radius 1 is 1.17 bits per heavy atom. The van der Waals surface area contributed by atoms with Crippen LogP contribution in [0.25, 0.3) is 10.9 Å². The van der Waals surface area contributed by atoms with E-state index in [0.717, 1.165) is 30.6 Å². The average molecular weight is 499 g/mol. The number of hydrogen-bond acceptors (Lipinski definition) is 6. The van der Waals surface area contributed by atoms with Gasteiger partial charge in [-0.05, 0) is 62.4 Å². The lowest BCUT2D eigenvalue weighted by Gasteiger charge is -2.28. The Bertz CT molecular complexity index is 1210. The standard InChI is InChI=1S/C25H28F2N6O3/c26-25(27)10-18(12-29)33(14-25)22(34)13-31-24(36)19-7-8-30-21-6-3-16(9-20(19)21)23(35)32-17-4-1-15(11-28)2-5-17/h3,6-9,15,17-18H,1-2,4-5,10-11,13-14,28H2,(H,31,36)(H,32,35)/t15?,17?,18-/m0/s1. The van der Waals surface area contributed by atoms with E-state index in [1.807, 2.05) is 0 Å². The Labute approximate surface area is 207 Å². The Hall–Kier alpha value is -3.65. The number of pyridine rings is 1. The number of nitrogens with zero attached hydrogens (tertiary/aromatic N) is 3. The van der Waals surface area contributed by atoms with Crippen LogP contribution in [0.3, 0.4) is 0 Å². The Balaban J connectivity index is 1.44. The summed E-state index contributed by atoms with van der Waals surface area (Å²) in [6.07, 6.45) is 4.37. The molecule has 2 fully saturated rings. The predicted molar refractivity (Wildman–Crippen MR) is 127 cm³/mol. The van der Waals surface area contributed by atoms with Gasteiger partial charge in [0.1, 0.15) is 6.04 Å². The molecule has 1 aromatic carbocycles. The second kappa shape index (κ2) is 10.5. The molecule has 0 bridgehead atoms. The van der Waals surface area contributed by atoms with Crippen LogP contribution in [0.5, 0.6) is 0 Å². The van der Waals surface area contributed by atoms with Gasteiger partial charge in [0, 0.05) is 29.6 Å². The number of nitriles is 1. The molecule has 1 aliphatic carbocycles. The van der Waals surface area contributed by atoms with Crippen molar-refractivity contribution in [1.82, 2.24) is 20.5 Å². The summed E-state index contributed by atoms with van der Waals surface area (Å²) in [6.45, 7) is -0.745. The van der Waals surface area contributed by atoms with Crippen molar-refractivity contribution in [2.75, 3.05) is 19.6 Å². The third-order valence-electron chi connectivity index (χ3n) is 6.90. The number of carbonyl (C=O) groups is 3. The maximum absolute atomic E-state index is 13.6. The number of aromatic nitrogens is 1. The molecule has 2 aliphatic rings. The predicted octanol–water partition coefficient (Wildman–Crippen LogP) is 1.97. The first kappa shape index (κ1) is 25.4.